The second-order valence-corrected chi connectivity index (χ2v) is 5.91. The van der Waals surface area contributed by atoms with Crippen LogP contribution in [0.2, 0.25) is 0 Å². The lowest BCUT2D eigenvalue weighted by Crippen LogP contribution is -2.36. The Morgan fingerprint density at radius 3 is 2.94 bits per heavy atom. The molecule has 0 aliphatic heterocycles. The fourth-order valence-electron chi connectivity index (χ4n) is 2.31. The van der Waals surface area contributed by atoms with Crippen LogP contribution in [0.3, 0.4) is 0 Å². The van der Waals surface area contributed by atoms with Crippen molar-refractivity contribution in [3.05, 3.63) is 21.9 Å². The molecule has 18 heavy (non-hydrogen) atoms. The molecule has 0 unspecified atom stereocenters. The number of aliphatic hydroxyl groups is 2. The summed E-state index contributed by atoms with van der Waals surface area (Å²) in [5, 5.41) is 20.0. The Morgan fingerprint density at radius 1 is 1.50 bits per heavy atom. The molecule has 0 saturated heterocycles. The van der Waals surface area contributed by atoms with Gasteiger partial charge in [-0.2, -0.15) is 0 Å². The lowest BCUT2D eigenvalue weighted by atomic mass is 9.82. The molecule has 2 rings (SSSR count). The van der Waals surface area contributed by atoms with Crippen molar-refractivity contribution in [2.24, 2.45) is 5.92 Å². The molecule has 1 aromatic heterocycles. The van der Waals surface area contributed by atoms with Crippen molar-refractivity contribution in [3.8, 4) is 11.8 Å². The SMILES string of the molecule is CN(Cc1sccc1C#CCO)CC1CC(O)C1. The minimum Gasteiger partial charge on any atom is -0.393 e. The summed E-state index contributed by atoms with van der Waals surface area (Å²) in [6, 6.07) is 2.00. The van der Waals surface area contributed by atoms with Gasteiger partial charge in [-0.3, -0.25) is 0 Å². The maximum atomic E-state index is 9.27. The third-order valence-electron chi connectivity index (χ3n) is 3.24. The third kappa shape index (κ3) is 3.56. The monoisotopic (exact) mass is 265 g/mol. The molecule has 1 aliphatic rings. The van der Waals surface area contributed by atoms with Crippen LogP contribution in [0, 0.1) is 17.8 Å². The first-order valence-corrected chi connectivity index (χ1v) is 7.09. The Kier molecular flexibility index (Phi) is 4.79. The van der Waals surface area contributed by atoms with Crippen LogP contribution in [0.15, 0.2) is 11.4 Å². The Labute approximate surface area is 112 Å². The predicted molar refractivity (Wildman–Crippen MR) is 73.3 cm³/mol. The number of hydrogen-bond donors (Lipinski definition) is 2. The average molecular weight is 265 g/mol. The van der Waals surface area contributed by atoms with Crippen molar-refractivity contribution in [1.29, 1.82) is 0 Å². The number of rotatable bonds is 4. The van der Waals surface area contributed by atoms with E-state index in [2.05, 4.69) is 23.8 Å². The van der Waals surface area contributed by atoms with E-state index in [-0.39, 0.29) is 12.7 Å². The van der Waals surface area contributed by atoms with Crippen LogP contribution < -0.4 is 0 Å². The zero-order chi connectivity index (χ0) is 13.0. The molecule has 4 heteroatoms. The summed E-state index contributed by atoms with van der Waals surface area (Å²) in [6.07, 6.45) is 1.80. The third-order valence-corrected chi connectivity index (χ3v) is 4.15. The van der Waals surface area contributed by atoms with E-state index in [1.165, 1.54) is 4.88 Å². The molecular weight excluding hydrogens is 246 g/mol. The van der Waals surface area contributed by atoms with Gasteiger partial charge >= 0.3 is 0 Å². The molecule has 1 aromatic rings. The van der Waals surface area contributed by atoms with Crippen molar-refractivity contribution in [2.45, 2.75) is 25.5 Å². The molecule has 1 fully saturated rings. The van der Waals surface area contributed by atoms with Crippen molar-refractivity contribution < 1.29 is 10.2 Å². The van der Waals surface area contributed by atoms with E-state index in [1.54, 1.807) is 11.3 Å². The van der Waals surface area contributed by atoms with Crippen LogP contribution >= 0.6 is 11.3 Å². The summed E-state index contributed by atoms with van der Waals surface area (Å²) in [7, 11) is 2.10. The van der Waals surface area contributed by atoms with Gasteiger partial charge in [0.1, 0.15) is 6.61 Å². The molecule has 0 bridgehead atoms. The Morgan fingerprint density at radius 2 is 2.28 bits per heavy atom. The van der Waals surface area contributed by atoms with E-state index in [0.29, 0.717) is 5.92 Å². The summed E-state index contributed by atoms with van der Waals surface area (Å²) in [5.41, 5.74) is 1.02. The molecule has 3 nitrogen and oxygen atoms in total. The smallest absolute Gasteiger partial charge is 0.104 e. The van der Waals surface area contributed by atoms with Crippen molar-refractivity contribution in [3.63, 3.8) is 0 Å². The lowest BCUT2D eigenvalue weighted by molar-refractivity contribution is 0.0275. The topological polar surface area (TPSA) is 43.7 Å². The lowest BCUT2D eigenvalue weighted by Gasteiger charge is -2.34. The second-order valence-electron chi connectivity index (χ2n) is 4.91. The molecule has 0 amide bonds. The molecule has 98 valence electrons. The normalized spacial score (nSPS) is 22.4. The first-order chi connectivity index (χ1) is 8.69. The highest BCUT2D eigenvalue weighted by atomic mass is 32.1. The Balaban J connectivity index is 1.86. The minimum absolute atomic E-state index is 0.0730. The zero-order valence-corrected chi connectivity index (χ0v) is 11.4. The summed E-state index contributed by atoms with van der Waals surface area (Å²) in [5.74, 6) is 6.31. The van der Waals surface area contributed by atoms with Gasteiger partial charge < -0.3 is 15.1 Å². The number of thiophene rings is 1. The van der Waals surface area contributed by atoms with Gasteiger partial charge in [0.2, 0.25) is 0 Å². The fourth-order valence-corrected chi connectivity index (χ4v) is 3.22. The number of aliphatic hydroxyl groups excluding tert-OH is 2. The molecule has 1 aliphatic carbocycles. The largest absolute Gasteiger partial charge is 0.393 e. The maximum Gasteiger partial charge on any atom is 0.104 e. The van der Waals surface area contributed by atoms with Gasteiger partial charge in [-0.25, -0.2) is 0 Å². The molecule has 0 atom stereocenters. The molecule has 2 N–H and O–H groups in total. The van der Waals surface area contributed by atoms with Crippen LogP contribution in [-0.4, -0.2) is 41.4 Å². The number of hydrogen-bond acceptors (Lipinski definition) is 4. The number of nitrogens with zero attached hydrogens (tertiary/aromatic N) is 1. The first kappa shape index (κ1) is 13.6. The summed E-state index contributed by atoms with van der Waals surface area (Å²) < 4.78 is 0. The van der Waals surface area contributed by atoms with Crippen LogP contribution in [-0.2, 0) is 6.54 Å². The Hall–Kier alpha value is -0.860. The molecule has 1 saturated carbocycles. The highest BCUT2D eigenvalue weighted by Crippen LogP contribution is 2.28. The van der Waals surface area contributed by atoms with Gasteiger partial charge in [-0.1, -0.05) is 11.8 Å². The van der Waals surface area contributed by atoms with Crippen LogP contribution in [0.25, 0.3) is 0 Å². The Bertz CT molecular complexity index is 440. The summed E-state index contributed by atoms with van der Waals surface area (Å²) in [4.78, 5) is 3.53. The quantitative estimate of drug-likeness (QED) is 0.806. The van der Waals surface area contributed by atoms with Gasteiger partial charge in [0, 0.05) is 23.5 Å². The van der Waals surface area contributed by atoms with E-state index >= 15 is 0 Å². The molecule has 0 radical (unpaired) electrons. The first-order valence-electron chi connectivity index (χ1n) is 6.21. The highest BCUT2D eigenvalue weighted by Gasteiger charge is 2.27. The van der Waals surface area contributed by atoms with Crippen molar-refractivity contribution in [2.75, 3.05) is 20.2 Å². The fraction of sp³-hybridized carbons (Fsp3) is 0.571. The van der Waals surface area contributed by atoms with Crippen molar-refractivity contribution >= 4 is 11.3 Å². The van der Waals surface area contributed by atoms with E-state index in [0.717, 1.165) is 31.5 Å². The van der Waals surface area contributed by atoms with Crippen LogP contribution in [0.1, 0.15) is 23.3 Å². The summed E-state index contributed by atoms with van der Waals surface area (Å²) >= 11 is 1.71. The standard InChI is InChI=1S/C14H19NO2S/c1-15(9-11-7-13(17)8-11)10-14-12(3-2-5-16)4-6-18-14/h4,6,11,13,16-17H,5,7-10H2,1H3. The van der Waals surface area contributed by atoms with E-state index in [9.17, 15) is 5.11 Å². The molecule has 1 heterocycles. The van der Waals surface area contributed by atoms with Crippen molar-refractivity contribution in [1.82, 2.24) is 4.90 Å². The average Bonchev–Trinajstić information content (AvgIpc) is 2.71. The van der Waals surface area contributed by atoms with E-state index < -0.39 is 0 Å². The van der Waals surface area contributed by atoms with Gasteiger partial charge in [-0.05, 0) is 37.3 Å². The minimum atomic E-state index is -0.0922. The van der Waals surface area contributed by atoms with Gasteiger partial charge in [-0.15, -0.1) is 11.3 Å². The van der Waals surface area contributed by atoms with Crippen LogP contribution in [0.5, 0.6) is 0 Å². The molecule has 0 aromatic carbocycles. The second kappa shape index (κ2) is 6.35. The highest BCUT2D eigenvalue weighted by molar-refractivity contribution is 7.10. The van der Waals surface area contributed by atoms with Gasteiger partial charge in [0.15, 0.2) is 0 Å². The predicted octanol–water partition coefficient (Wildman–Crippen LogP) is 1.29. The van der Waals surface area contributed by atoms with Gasteiger partial charge in [0.25, 0.3) is 0 Å². The summed E-state index contributed by atoms with van der Waals surface area (Å²) in [6.45, 7) is 1.83. The van der Waals surface area contributed by atoms with E-state index in [4.69, 9.17) is 5.11 Å². The van der Waals surface area contributed by atoms with Gasteiger partial charge in [0.05, 0.1) is 6.10 Å². The van der Waals surface area contributed by atoms with E-state index in [1.807, 2.05) is 11.4 Å². The molecule has 0 spiro atoms. The molecular formula is C14H19NO2S. The van der Waals surface area contributed by atoms with Crippen LogP contribution in [0.4, 0.5) is 0 Å². The zero-order valence-electron chi connectivity index (χ0n) is 10.6. The maximum absolute atomic E-state index is 9.27.